The van der Waals surface area contributed by atoms with Crippen LogP contribution in [-0.4, -0.2) is 54.8 Å². The molecule has 0 radical (unpaired) electrons. The fraction of sp³-hybridized carbons (Fsp3) is 0.667. The van der Waals surface area contributed by atoms with Crippen LogP contribution in [0, 0.1) is 11.8 Å². The lowest BCUT2D eigenvalue weighted by molar-refractivity contribution is -0.133. The first kappa shape index (κ1) is 16.8. The van der Waals surface area contributed by atoms with E-state index in [-0.39, 0.29) is 11.7 Å². The van der Waals surface area contributed by atoms with E-state index in [1.165, 1.54) is 12.8 Å². The fourth-order valence-corrected chi connectivity index (χ4v) is 5.67. The Bertz CT molecular complexity index is 768. The Labute approximate surface area is 149 Å². The number of nitrogens with zero attached hydrogens (tertiary/aromatic N) is 3. The molecule has 0 aromatic carbocycles. The summed E-state index contributed by atoms with van der Waals surface area (Å²) in [4.78, 5) is 17.0. The minimum atomic E-state index is -3.48. The molecule has 3 heterocycles. The van der Waals surface area contributed by atoms with E-state index in [1.54, 1.807) is 17.2 Å². The molecule has 1 aliphatic carbocycles. The summed E-state index contributed by atoms with van der Waals surface area (Å²) in [5.74, 6) is 1.54. The van der Waals surface area contributed by atoms with Crippen molar-refractivity contribution in [1.82, 2.24) is 9.80 Å². The lowest BCUT2D eigenvalue weighted by Crippen LogP contribution is -2.52. The molecule has 1 saturated carbocycles. The summed E-state index contributed by atoms with van der Waals surface area (Å²) in [6.45, 7) is 3.41. The van der Waals surface area contributed by atoms with Gasteiger partial charge in [0, 0.05) is 25.3 Å². The number of amidine groups is 1. The quantitative estimate of drug-likeness (QED) is 0.714. The number of allylic oxidation sites excluding steroid dienone is 2. The van der Waals surface area contributed by atoms with Gasteiger partial charge < -0.3 is 9.80 Å². The second-order valence-electron chi connectivity index (χ2n) is 7.70. The molecule has 136 valence electrons. The van der Waals surface area contributed by atoms with Gasteiger partial charge in [0.15, 0.2) is 5.84 Å². The van der Waals surface area contributed by atoms with Gasteiger partial charge in [0.1, 0.15) is 0 Å². The maximum Gasteiger partial charge on any atom is 0.257 e. The Morgan fingerprint density at radius 1 is 1.24 bits per heavy atom. The molecule has 0 bridgehead atoms. The molecule has 0 spiro atoms. The number of hydrogen-bond acceptors (Lipinski definition) is 4. The van der Waals surface area contributed by atoms with E-state index >= 15 is 0 Å². The highest BCUT2D eigenvalue weighted by Gasteiger charge is 2.40. The maximum atomic E-state index is 13.3. The van der Waals surface area contributed by atoms with Crippen molar-refractivity contribution >= 4 is 21.8 Å². The van der Waals surface area contributed by atoms with Gasteiger partial charge in [-0.05, 0) is 56.1 Å². The summed E-state index contributed by atoms with van der Waals surface area (Å²) in [6.07, 6.45) is 10.9. The fourth-order valence-electron chi connectivity index (χ4n) is 4.68. The Hall–Kier alpha value is -1.63. The van der Waals surface area contributed by atoms with Crippen LogP contribution in [0.2, 0.25) is 0 Å². The largest absolute Gasteiger partial charge is 0.335 e. The van der Waals surface area contributed by atoms with Gasteiger partial charge in [-0.25, -0.2) is 8.42 Å². The van der Waals surface area contributed by atoms with Gasteiger partial charge in [-0.2, -0.15) is 0 Å². The van der Waals surface area contributed by atoms with E-state index in [4.69, 9.17) is 0 Å². The second kappa shape index (κ2) is 6.27. The van der Waals surface area contributed by atoms with Crippen LogP contribution in [0.1, 0.15) is 39.0 Å². The molecule has 1 amide bonds. The van der Waals surface area contributed by atoms with Gasteiger partial charge in [-0.1, -0.05) is 6.92 Å². The van der Waals surface area contributed by atoms with Crippen LogP contribution >= 0.6 is 0 Å². The summed E-state index contributed by atoms with van der Waals surface area (Å²) in [6, 6.07) is 0.290. The van der Waals surface area contributed by atoms with Gasteiger partial charge in [0.2, 0.25) is 0 Å². The third-order valence-corrected chi connectivity index (χ3v) is 7.08. The molecule has 4 aliphatic rings. The number of carbonyl (C=O) groups excluding carboxylic acids is 1. The van der Waals surface area contributed by atoms with Crippen molar-refractivity contribution in [3.8, 4) is 0 Å². The number of fused-ring (bicyclic) bond motifs is 2. The number of piperidine rings is 1. The standard InChI is InChI=1S/C18H25N3O3S/c1-13-6-7-16-14(12-13)4-2-9-21(16)18(22)15-5-3-8-20-10-11-25(23,24)19-17(15)20/h3,5,8,13-14,16H,2,4,6-7,9-12H2,1H3/t13-,14-,16+/m1/s1. The average Bonchev–Trinajstić information content (AvgIpc) is 2.59. The summed E-state index contributed by atoms with van der Waals surface area (Å²) < 4.78 is 27.7. The Morgan fingerprint density at radius 3 is 2.92 bits per heavy atom. The van der Waals surface area contributed by atoms with Crippen molar-refractivity contribution in [3.05, 3.63) is 23.9 Å². The summed E-state index contributed by atoms with van der Waals surface area (Å²) in [5.41, 5.74) is 0.421. The minimum Gasteiger partial charge on any atom is -0.335 e. The zero-order valence-electron chi connectivity index (χ0n) is 14.6. The number of likely N-dealkylation sites (tertiary alicyclic amines) is 1. The van der Waals surface area contributed by atoms with E-state index < -0.39 is 10.0 Å². The highest BCUT2D eigenvalue weighted by Crippen LogP contribution is 2.38. The predicted octanol–water partition coefficient (Wildman–Crippen LogP) is 1.91. The Balaban J connectivity index is 1.62. The summed E-state index contributed by atoms with van der Waals surface area (Å²) >= 11 is 0. The molecular weight excluding hydrogens is 338 g/mol. The van der Waals surface area contributed by atoms with Gasteiger partial charge in [-0.15, -0.1) is 4.40 Å². The van der Waals surface area contributed by atoms with Gasteiger partial charge in [0.25, 0.3) is 15.9 Å². The third-order valence-electron chi connectivity index (χ3n) is 5.93. The van der Waals surface area contributed by atoms with E-state index in [0.29, 0.717) is 29.9 Å². The monoisotopic (exact) mass is 363 g/mol. The van der Waals surface area contributed by atoms with Crippen LogP contribution in [-0.2, 0) is 14.8 Å². The van der Waals surface area contributed by atoms with Gasteiger partial charge in [-0.3, -0.25) is 4.79 Å². The van der Waals surface area contributed by atoms with Crippen LogP contribution in [0.4, 0.5) is 0 Å². The molecule has 3 aliphatic heterocycles. The lowest BCUT2D eigenvalue weighted by atomic mass is 9.74. The Kier molecular flexibility index (Phi) is 4.22. The van der Waals surface area contributed by atoms with Crippen LogP contribution < -0.4 is 0 Å². The van der Waals surface area contributed by atoms with Crippen molar-refractivity contribution in [2.45, 2.75) is 45.1 Å². The molecule has 0 aromatic rings. The van der Waals surface area contributed by atoms with E-state index in [0.717, 1.165) is 31.7 Å². The van der Waals surface area contributed by atoms with Crippen LogP contribution in [0.5, 0.6) is 0 Å². The number of carbonyl (C=O) groups is 1. The molecule has 6 nitrogen and oxygen atoms in total. The molecule has 0 N–H and O–H groups in total. The van der Waals surface area contributed by atoms with Crippen LogP contribution in [0.25, 0.3) is 0 Å². The first-order valence-electron chi connectivity index (χ1n) is 9.24. The highest BCUT2D eigenvalue weighted by molar-refractivity contribution is 7.90. The summed E-state index contributed by atoms with van der Waals surface area (Å²) in [5, 5.41) is 0. The number of hydrogen-bond donors (Lipinski definition) is 0. The molecule has 1 saturated heterocycles. The normalized spacial score (nSPS) is 33.9. The second-order valence-corrected chi connectivity index (χ2v) is 9.46. The Morgan fingerprint density at radius 2 is 2.08 bits per heavy atom. The maximum absolute atomic E-state index is 13.3. The van der Waals surface area contributed by atoms with E-state index in [2.05, 4.69) is 11.3 Å². The molecule has 25 heavy (non-hydrogen) atoms. The number of amides is 1. The predicted molar refractivity (Wildman–Crippen MR) is 96.4 cm³/mol. The molecule has 0 unspecified atom stereocenters. The average molecular weight is 363 g/mol. The first-order valence-corrected chi connectivity index (χ1v) is 10.8. The SMILES string of the molecule is C[C@@H]1CC[C@H]2[C@H](CCCN2C(=O)C2=CC=CN3CCS(=O)(=O)N=C23)C1. The zero-order chi connectivity index (χ0) is 17.6. The first-order chi connectivity index (χ1) is 11.9. The third kappa shape index (κ3) is 3.14. The van der Waals surface area contributed by atoms with Crippen molar-refractivity contribution in [2.75, 3.05) is 18.8 Å². The topological polar surface area (TPSA) is 70.1 Å². The lowest BCUT2D eigenvalue weighted by Gasteiger charge is -2.46. The molecule has 7 heteroatoms. The van der Waals surface area contributed by atoms with Crippen molar-refractivity contribution < 1.29 is 13.2 Å². The van der Waals surface area contributed by atoms with E-state index in [9.17, 15) is 13.2 Å². The molecule has 4 rings (SSSR count). The van der Waals surface area contributed by atoms with Crippen molar-refractivity contribution in [3.63, 3.8) is 0 Å². The smallest absolute Gasteiger partial charge is 0.257 e. The number of rotatable bonds is 1. The van der Waals surface area contributed by atoms with Gasteiger partial charge >= 0.3 is 0 Å². The molecular formula is C18H25N3O3S. The summed E-state index contributed by atoms with van der Waals surface area (Å²) in [7, 11) is -3.48. The van der Waals surface area contributed by atoms with Crippen LogP contribution in [0.15, 0.2) is 28.3 Å². The minimum absolute atomic E-state index is 0.00534. The molecule has 2 fully saturated rings. The molecule has 3 atom stereocenters. The zero-order valence-corrected chi connectivity index (χ0v) is 15.4. The number of sulfonamides is 1. The van der Waals surface area contributed by atoms with Crippen molar-refractivity contribution in [1.29, 1.82) is 0 Å². The van der Waals surface area contributed by atoms with Gasteiger partial charge in [0.05, 0.1) is 11.3 Å². The van der Waals surface area contributed by atoms with Crippen molar-refractivity contribution in [2.24, 2.45) is 16.2 Å². The van der Waals surface area contributed by atoms with Crippen LogP contribution in [0.3, 0.4) is 0 Å². The van der Waals surface area contributed by atoms with E-state index in [1.807, 2.05) is 11.0 Å². The molecule has 0 aromatic heterocycles. The highest BCUT2D eigenvalue weighted by atomic mass is 32.2.